The quantitative estimate of drug-likeness (QED) is 0.712. The highest BCUT2D eigenvalue weighted by molar-refractivity contribution is 6.03. The maximum absolute atomic E-state index is 12.6. The predicted octanol–water partition coefficient (Wildman–Crippen LogP) is 1.78. The van der Waals surface area contributed by atoms with Gasteiger partial charge in [0.25, 0.3) is 5.91 Å². The van der Waals surface area contributed by atoms with Gasteiger partial charge in [0.15, 0.2) is 11.5 Å². The van der Waals surface area contributed by atoms with E-state index in [0.29, 0.717) is 36.0 Å². The topological polar surface area (TPSA) is 51.1 Å². The molecule has 0 spiro atoms. The lowest BCUT2D eigenvalue weighted by Crippen LogP contribution is -2.35. The van der Waals surface area contributed by atoms with Crippen LogP contribution < -0.4 is 9.47 Å². The Hall–Kier alpha value is -2.04. The average molecular weight is 258 g/mol. The van der Waals surface area contributed by atoms with Crippen LogP contribution in [0.2, 0.25) is 0 Å². The van der Waals surface area contributed by atoms with Crippen LogP contribution in [0.4, 0.5) is 5.69 Å². The molecule has 3 heterocycles. The average Bonchev–Trinajstić information content (AvgIpc) is 2.87. The SMILES string of the molecule is O=C1c2cc3c(cc2N=C[C@@H]2CCCN12)OCCO3. The molecule has 1 saturated heterocycles. The fourth-order valence-corrected chi connectivity index (χ4v) is 2.88. The molecule has 0 bridgehead atoms. The third-order valence-electron chi connectivity index (χ3n) is 3.84. The highest BCUT2D eigenvalue weighted by Gasteiger charge is 2.32. The van der Waals surface area contributed by atoms with E-state index in [1.807, 2.05) is 11.1 Å². The predicted molar refractivity (Wildman–Crippen MR) is 69.6 cm³/mol. The van der Waals surface area contributed by atoms with E-state index in [-0.39, 0.29) is 11.9 Å². The fraction of sp³-hybridized carbons (Fsp3) is 0.429. The van der Waals surface area contributed by atoms with E-state index >= 15 is 0 Å². The lowest BCUT2D eigenvalue weighted by Gasteiger charge is -2.22. The van der Waals surface area contributed by atoms with Crippen LogP contribution in [0.25, 0.3) is 0 Å². The summed E-state index contributed by atoms with van der Waals surface area (Å²) in [6.45, 7) is 1.87. The summed E-state index contributed by atoms with van der Waals surface area (Å²) in [5, 5.41) is 0. The molecule has 1 atom stereocenters. The van der Waals surface area contributed by atoms with Gasteiger partial charge in [-0.25, -0.2) is 0 Å². The molecule has 0 N–H and O–H groups in total. The lowest BCUT2D eigenvalue weighted by atomic mass is 10.1. The monoisotopic (exact) mass is 258 g/mol. The molecule has 0 aliphatic carbocycles. The zero-order valence-electron chi connectivity index (χ0n) is 10.5. The summed E-state index contributed by atoms with van der Waals surface area (Å²) in [7, 11) is 0. The summed E-state index contributed by atoms with van der Waals surface area (Å²) in [6.07, 6.45) is 3.92. The van der Waals surface area contributed by atoms with Crippen molar-refractivity contribution in [2.24, 2.45) is 4.99 Å². The molecular formula is C14H14N2O3. The summed E-state index contributed by atoms with van der Waals surface area (Å²) in [4.78, 5) is 18.9. The minimum absolute atomic E-state index is 0.0481. The zero-order valence-corrected chi connectivity index (χ0v) is 10.5. The smallest absolute Gasteiger partial charge is 0.256 e. The summed E-state index contributed by atoms with van der Waals surface area (Å²) in [6, 6.07) is 3.71. The molecular weight excluding hydrogens is 244 g/mol. The van der Waals surface area contributed by atoms with Crippen molar-refractivity contribution in [3.8, 4) is 11.5 Å². The summed E-state index contributed by atoms with van der Waals surface area (Å²) in [5.41, 5.74) is 1.30. The van der Waals surface area contributed by atoms with E-state index in [0.717, 1.165) is 19.4 Å². The molecule has 1 aromatic rings. The van der Waals surface area contributed by atoms with Crippen LogP contribution in [-0.4, -0.2) is 42.8 Å². The van der Waals surface area contributed by atoms with E-state index in [1.54, 1.807) is 12.1 Å². The molecule has 0 aromatic heterocycles. The van der Waals surface area contributed by atoms with E-state index < -0.39 is 0 Å². The molecule has 0 unspecified atom stereocenters. The van der Waals surface area contributed by atoms with E-state index in [1.165, 1.54) is 0 Å². The molecule has 3 aliphatic rings. The fourth-order valence-electron chi connectivity index (χ4n) is 2.88. The van der Waals surface area contributed by atoms with Crippen molar-refractivity contribution >= 4 is 17.8 Å². The van der Waals surface area contributed by atoms with Gasteiger partial charge >= 0.3 is 0 Å². The summed E-state index contributed by atoms with van der Waals surface area (Å²) >= 11 is 0. The first kappa shape index (κ1) is 10.8. The molecule has 0 radical (unpaired) electrons. The van der Waals surface area contributed by atoms with Gasteiger partial charge in [-0.05, 0) is 18.9 Å². The Morgan fingerprint density at radius 3 is 2.84 bits per heavy atom. The Kier molecular flexibility index (Phi) is 2.27. The molecule has 5 nitrogen and oxygen atoms in total. The van der Waals surface area contributed by atoms with Crippen molar-refractivity contribution in [2.75, 3.05) is 19.8 Å². The largest absolute Gasteiger partial charge is 0.486 e. The zero-order chi connectivity index (χ0) is 12.8. The van der Waals surface area contributed by atoms with Gasteiger partial charge < -0.3 is 14.4 Å². The minimum Gasteiger partial charge on any atom is -0.486 e. The van der Waals surface area contributed by atoms with Crippen LogP contribution in [0.5, 0.6) is 11.5 Å². The van der Waals surface area contributed by atoms with Gasteiger partial charge in [0.1, 0.15) is 13.2 Å². The first-order chi connectivity index (χ1) is 9.33. The van der Waals surface area contributed by atoms with Crippen molar-refractivity contribution < 1.29 is 14.3 Å². The van der Waals surface area contributed by atoms with Gasteiger partial charge in [0.2, 0.25) is 0 Å². The second-order valence-corrected chi connectivity index (χ2v) is 5.00. The number of hydrogen-bond acceptors (Lipinski definition) is 4. The number of carbonyl (C=O) groups excluding carboxylic acids is 1. The number of carbonyl (C=O) groups is 1. The number of hydrogen-bond donors (Lipinski definition) is 0. The normalized spacial score (nSPS) is 23.9. The maximum atomic E-state index is 12.6. The summed E-state index contributed by atoms with van der Waals surface area (Å²) in [5.74, 6) is 1.37. The van der Waals surface area contributed by atoms with E-state index in [4.69, 9.17) is 9.47 Å². The number of benzene rings is 1. The number of aliphatic imine (C=N–C) groups is 1. The number of nitrogens with zero attached hydrogens (tertiary/aromatic N) is 2. The van der Waals surface area contributed by atoms with E-state index in [9.17, 15) is 4.79 Å². The maximum Gasteiger partial charge on any atom is 0.256 e. The van der Waals surface area contributed by atoms with Gasteiger partial charge in [-0.2, -0.15) is 0 Å². The Bertz CT molecular complexity index is 582. The third kappa shape index (κ3) is 1.61. The molecule has 1 fully saturated rings. The van der Waals surface area contributed by atoms with E-state index in [2.05, 4.69) is 4.99 Å². The summed E-state index contributed by atoms with van der Waals surface area (Å²) < 4.78 is 11.1. The number of fused-ring (bicyclic) bond motifs is 3. The van der Waals surface area contributed by atoms with Crippen molar-refractivity contribution in [3.63, 3.8) is 0 Å². The Balaban J connectivity index is 1.84. The Labute approximate surface area is 110 Å². The van der Waals surface area contributed by atoms with Crippen molar-refractivity contribution in [3.05, 3.63) is 17.7 Å². The van der Waals surface area contributed by atoms with Crippen molar-refractivity contribution in [1.29, 1.82) is 0 Å². The van der Waals surface area contributed by atoms with Crippen LogP contribution in [-0.2, 0) is 0 Å². The first-order valence-corrected chi connectivity index (χ1v) is 6.62. The van der Waals surface area contributed by atoms with Crippen LogP contribution >= 0.6 is 0 Å². The van der Waals surface area contributed by atoms with Gasteiger partial charge in [0, 0.05) is 18.8 Å². The number of amides is 1. The van der Waals surface area contributed by atoms with Crippen LogP contribution in [0.3, 0.4) is 0 Å². The second kappa shape index (κ2) is 3.98. The van der Waals surface area contributed by atoms with Crippen molar-refractivity contribution in [2.45, 2.75) is 18.9 Å². The lowest BCUT2D eigenvalue weighted by molar-refractivity contribution is 0.0774. The molecule has 1 amide bonds. The molecule has 98 valence electrons. The standard InChI is InChI=1S/C14H14N2O3/c17-14-10-6-12-13(19-5-4-18-12)7-11(10)15-8-9-2-1-3-16(9)14/h6-9H,1-5H2/t9-/m0/s1. The number of ether oxygens (including phenoxy) is 2. The molecule has 19 heavy (non-hydrogen) atoms. The van der Waals surface area contributed by atoms with Crippen molar-refractivity contribution in [1.82, 2.24) is 4.90 Å². The van der Waals surface area contributed by atoms with Gasteiger partial charge in [-0.3, -0.25) is 9.79 Å². The molecule has 0 saturated carbocycles. The van der Waals surface area contributed by atoms with Gasteiger partial charge in [-0.15, -0.1) is 0 Å². The number of rotatable bonds is 0. The van der Waals surface area contributed by atoms with Crippen LogP contribution in [0, 0.1) is 0 Å². The molecule has 5 heteroatoms. The van der Waals surface area contributed by atoms with Gasteiger partial charge in [0.05, 0.1) is 17.3 Å². The minimum atomic E-state index is 0.0481. The highest BCUT2D eigenvalue weighted by atomic mass is 16.6. The molecule has 1 aromatic carbocycles. The Morgan fingerprint density at radius 2 is 2.00 bits per heavy atom. The molecule has 3 aliphatic heterocycles. The second-order valence-electron chi connectivity index (χ2n) is 5.00. The first-order valence-electron chi connectivity index (χ1n) is 6.62. The van der Waals surface area contributed by atoms with Crippen LogP contribution in [0.15, 0.2) is 17.1 Å². The highest BCUT2D eigenvalue weighted by Crippen LogP contribution is 2.39. The third-order valence-corrected chi connectivity index (χ3v) is 3.84. The van der Waals surface area contributed by atoms with Crippen LogP contribution in [0.1, 0.15) is 23.2 Å². The Morgan fingerprint density at radius 1 is 1.21 bits per heavy atom. The molecule has 4 rings (SSSR count). The van der Waals surface area contributed by atoms with Gasteiger partial charge in [-0.1, -0.05) is 0 Å².